The van der Waals surface area contributed by atoms with Gasteiger partial charge < -0.3 is 4.90 Å². The van der Waals surface area contributed by atoms with E-state index < -0.39 is 29.6 Å². The van der Waals surface area contributed by atoms with Gasteiger partial charge in [-0.1, -0.05) is 12.1 Å². The van der Waals surface area contributed by atoms with Gasteiger partial charge in [-0.3, -0.25) is 19.7 Å². The number of nitrogens with zero attached hydrogens (tertiary/aromatic N) is 1. The number of benzene rings is 1. The maximum Gasteiger partial charge on any atom is 0.416 e. The van der Waals surface area contributed by atoms with Gasteiger partial charge in [-0.05, 0) is 30.5 Å². The highest BCUT2D eigenvalue weighted by Gasteiger charge is 2.44. The van der Waals surface area contributed by atoms with Gasteiger partial charge in [0, 0.05) is 6.04 Å². The predicted octanol–water partition coefficient (Wildman–Crippen LogP) is 1.65. The van der Waals surface area contributed by atoms with Crippen LogP contribution in [0.4, 0.5) is 13.2 Å². The van der Waals surface area contributed by atoms with Crippen molar-refractivity contribution >= 4 is 17.7 Å². The molecule has 1 atom stereocenters. The Morgan fingerprint density at radius 3 is 2.25 bits per heavy atom. The van der Waals surface area contributed by atoms with Gasteiger partial charge in [-0.25, -0.2) is 0 Å². The molecule has 3 amide bonds. The number of halogens is 3. The second-order valence-electron chi connectivity index (χ2n) is 6.04. The molecular weight excluding hydrogens is 325 g/mol. The zero-order valence-electron chi connectivity index (χ0n) is 12.6. The molecule has 0 unspecified atom stereocenters. The van der Waals surface area contributed by atoms with E-state index >= 15 is 0 Å². The standard InChI is InChI=1S/C16H15F3N2O3/c17-16(18,19)10-3-1-9(2-4-10)7-14(23)21(11-5-6-11)12-8-13(22)20-15(12)24/h1-4,11-12H,5-8H2,(H,20,22,24)/t12-/m1/s1. The number of imide groups is 1. The number of carbonyl (C=O) groups excluding carboxylic acids is 3. The lowest BCUT2D eigenvalue weighted by molar-refractivity contribution is -0.139. The van der Waals surface area contributed by atoms with E-state index in [-0.39, 0.29) is 24.8 Å². The van der Waals surface area contributed by atoms with Gasteiger partial charge in [-0.15, -0.1) is 0 Å². The molecule has 1 aromatic rings. The lowest BCUT2D eigenvalue weighted by atomic mass is 10.1. The number of carbonyl (C=O) groups is 3. The molecule has 3 rings (SSSR count). The molecule has 1 aromatic carbocycles. The molecule has 1 heterocycles. The van der Waals surface area contributed by atoms with Gasteiger partial charge in [0.05, 0.1) is 18.4 Å². The summed E-state index contributed by atoms with van der Waals surface area (Å²) in [6.07, 6.45) is -3.07. The molecule has 1 aliphatic carbocycles. The highest BCUT2D eigenvalue weighted by molar-refractivity contribution is 6.07. The van der Waals surface area contributed by atoms with Crippen molar-refractivity contribution in [1.82, 2.24) is 10.2 Å². The van der Waals surface area contributed by atoms with Crippen LogP contribution in [-0.2, 0) is 27.0 Å². The van der Waals surface area contributed by atoms with E-state index in [0.29, 0.717) is 5.56 Å². The van der Waals surface area contributed by atoms with Gasteiger partial charge in [0.2, 0.25) is 17.7 Å². The van der Waals surface area contributed by atoms with Crippen molar-refractivity contribution in [2.45, 2.75) is 43.9 Å². The Morgan fingerprint density at radius 1 is 1.17 bits per heavy atom. The largest absolute Gasteiger partial charge is 0.416 e. The SMILES string of the molecule is O=C1C[C@@H](N(C(=O)Cc2ccc(C(F)(F)F)cc2)C2CC2)C(=O)N1. The maximum atomic E-state index is 12.6. The Balaban J connectivity index is 1.72. The lowest BCUT2D eigenvalue weighted by Gasteiger charge is -2.26. The number of alkyl halides is 3. The van der Waals surface area contributed by atoms with Crippen LogP contribution in [0.15, 0.2) is 24.3 Å². The fourth-order valence-corrected chi connectivity index (χ4v) is 2.83. The molecular formula is C16H15F3N2O3. The summed E-state index contributed by atoms with van der Waals surface area (Å²) in [5.74, 6) is -1.27. The van der Waals surface area contributed by atoms with Crippen molar-refractivity contribution < 1.29 is 27.6 Å². The van der Waals surface area contributed by atoms with Gasteiger partial charge in [0.25, 0.3) is 0 Å². The minimum absolute atomic E-state index is 0.0614. The van der Waals surface area contributed by atoms with E-state index in [4.69, 9.17) is 0 Å². The Hall–Kier alpha value is -2.38. The van der Waals surface area contributed by atoms with Crippen LogP contribution in [0.1, 0.15) is 30.4 Å². The maximum absolute atomic E-state index is 12.6. The topological polar surface area (TPSA) is 66.5 Å². The van der Waals surface area contributed by atoms with E-state index in [1.54, 1.807) is 0 Å². The van der Waals surface area contributed by atoms with Gasteiger partial charge in [0.1, 0.15) is 6.04 Å². The number of rotatable bonds is 4. The predicted molar refractivity (Wildman–Crippen MR) is 76.6 cm³/mol. The summed E-state index contributed by atoms with van der Waals surface area (Å²) < 4.78 is 37.7. The van der Waals surface area contributed by atoms with Crippen LogP contribution >= 0.6 is 0 Å². The zero-order valence-corrected chi connectivity index (χ0v) is 12.6. The van der Waals surface area contributed by atoms with Crippen LogP contribution in [0.3, 0.4) is 0 Å². The Morgan fingerprint density at radius 2 is 1.79 bits per heavy atom. The van der Waals surface area contributed by atoms with Crippen molar-refractivity contribution in [2.24, 2.45) is 0 Å². The van der Waals surface area contributed by atoms with E-state index in [9.17, 15) is 27.6 Å². The average Bonchev–Trinajstić information content (AvgIpc) is 3.25. The molecule has 24 heavy (non-hydrogen) atoms. The van der Waals surface area contributed by atoms with Gasteiger partial charge >= 0.3 is 6.18 Å². The summed E-state index contributed by atoms with van der Waals surface area (Å²) in [7, 11) is 0. The number of hydrogen-bond acceptors (Lipinski definition) is 3. The van der Waals surface area contributed by atoms with Crippen LogP contribution < -0.4 is 5.32 Å². The molecule has 1 saturated carbocycles. The fraction of sp³-hybridized carbons (Fsp3) is 0.438. The Labute approximate surface area is 135 Å². The third kappa shape index (κ3) is 3.42. The molecule has 0 radical (unpaired) electrons. The number of nitrogens with one attached hydrogen (secondary N) is 1. The first kappa shape index (κ1) is 16.5. The van der Waals surface area contributed by atoms with E-state index in [0.717, 1.165) is 25.0 Å². The van der Waals surface area contributed by atoms with Crippen LogP contribution in [-0.4, -0.2) is 34.7 Å². The van der Waals surface area contributed by atoms with Gasteiger partial charge in [0.15, 0.2) is 0 Å². The molecule has 0 spiro atoms. The number of hydrogen-bond donors (Lipinski definition) is 1. The fourth-order valence-electron chi connectivity index (χ4n) is 2.83. The summed E-state index contributed by atoms with van der Waals surface area (Å²) in [5.41, 5.74) is -0.345. The smallest absolute Gasteiger partial charge is 0.327 e. The molecule has 1 aliphatic heterocycles. The minimum Gasteiger partial charge on any atom is -0.327 e. The van der Waals surface area contributed by atoms with Crippen molar-refractivity contribution in [1.29, 1.82) is 0 Å². The highest BCUT2D eigenvalue weighted by Crippen LogP contribution is 2.32. The van der Waals surface area contributed by atoms with Crippen molar-refractivity contribution in [3.63, 3.8) is 0 Å². The first-order chi connectivity index (χ1) is 11.3. The van der Waals surface area contributed by atoms with Crippen LogP contribution in [0.2, 0.25) is 0 Å². The molecule has 5 nitrogen and oxygen atoms in total. The average molecular weight is 340 g/mol. The minimum atomic E-state index is -4.43. The molecule has 8 heteroatoms. The monoisotopic (exact) mass is 340 g/mol. The summed E-state index contributed by atoms with van der Waals surface area (Å²) in [6, 6.07) is 3.48. The van der Waals surface area contributed by atoms with Gasteiger partial charge in [-0.2, -0.15) is 13.2 Å². The summed E-state index contributed by atoms with van der Waals surface area (Å²) in [5, 5.41) is 2.18. The molecule has 1 saturated heterocycles. The third-order valence-corrected chi connectivity index (χ3v) is 4.14. The van der Waals surface area contributed by atoms with Crippen molar-refractivity contribution in [3.8, 4) is 0 Å². The van der Waals surface area contributed by atoms with Crippen LogP contribution in [0.5, 0.6) is 0 Å². The summed E-state index contributed by atoms with van der Waals surface area (Å²) >= 11 is 0. The highest BCUT2D eigenvalue weighted by atomic mass is 19.4. The summed E-state index contributed by atoms with van der Waals surface area (Å²) in [4.78, 5) is 37.1. The Kier molecular flexibility index (Phi) is 4.06. The van der Waals surface area contributed by atoms with Crippen LogP contribution in [0.25, 0.3) is 0 Å². The van der Waals surface area contributed by atoms with E-state index in [1.807, 2.05) is 0 Å². The second-order valence-corrected chi connectivity index (χ2v) is 6.04. The first-order valence-electron chi connectivity index (χ1n) is 7.56. The Bertz CT molecular complexity index is 681. The van der Waals surface area contributed by atoms with Crippen molar-refractivity contribution in [3.05, 3.63) is 35.4 Å². The zero-order chi connectivity index (χ0) is 17.5. The van der Waals surface area contributed by atoms with Crippen LogP contribution in [0, 0.1) is 0 Å². The van der Waals surface area contributed by atoms with Crippen molar-refractivity contribution in [2.75, 3.05) is 0 Å². The molecule has 128 valence electrons. The molecule has 2 aliphatic rings. The first-order valence-corrected chi connectivity index (χ1v) is 7.56. The van der Waals surface area contributed by atoms with E-state index in [1.165, 1.54) is 17.0 Å². The molecule has 2 fully saturated rings. The second kappa shape index (κ2) is 5.92. The summed E-state index contributed by atoms with van der Waals surface area (Å²) in [6.45, 7) is 0. The molecule has 1 N–H and O–H groups in total. The molecule has 0 bridgehead atoms. The third-order valence-electron chi connectivity index (χ3n) is 4.14. The van der Waals surface area contributed by atoms with E-state index in [2.05, 4.69) is 5.32 Å². The number of amides is 3. The lowest BCUT2D eigenvalue weighted by Crippen LogP contribution is -2.46. The quantitative estimate of drug-likeness (QED) is 0.848. The normalized spacial score (nSPS) is 20.9. The molecule has 0 aromatic heterocycles.